The van der Waals surface area contributed by atoms with Gasteiger partial charge < -0.3 is 20.1 Å². The predicted molar refractivity (Wildman–Crippen MR) is 77.4 cm³/mol. The highest BCUT2D eigenvalue weighted by atomic mass is 19.1. The number of aromatic nitrogens is 1. The van der Waals surface area contributed by atoms with Gasteiger partial charge in [0.2, 0.25) is 0 Å². The minimum absolute atomic E-state index is 0.0664. The molecule has 0 spiro atoms. The quantitative estimate of drug-likeness (QED) is 0.642. The summed E-state index contributed by atoms with van der Waals surface area (Å²) in [6.45, 7) is 4.62. The molecule has 0 saturated heterocycles. The van der Waals surface area contributed by atoms with E-state index in [2.05, 4.69) is 22.5 Å². The van der Waals surface area contributed by atoms with Crippen molar-refractivity contribution in [3.05, 3.63) is 23.6 Å². The lowest BCUT2D eigenvalue weighted by Gasteiger charge is -2.17. The van der Waals surface area contributed by atoms with Crippen molar-refractivity contribution in [2.75, 3.05) is 39.2 Å². The summed E-state index contributed by atoms with van der Waals surface area (Å²) < 4.78 is 23.6. The van der Waals surface area contributed by atoms with Crippen molar-refractivity contribution < 1.29 is 13.9 Å². The van der Waals surface area contributed by atoms with E-state index in [0.29, 0.717) is 25.5 Å². The van der Waals surface area contributed by atoms with E-state index in [1.165, 1.54) is 12.3 Å². The minimum Gasteiger partial charge on any atom is -0.382 e. The number of rotatable bonds is 10. The summed E-state index contributed by atoms with van der Waals surface area (Å²) in [5.74, 6) is 0.345. The first-order chi connectivity index (χ1) is 9.71. The Kier molecular flexibility index (Phi) is 8.10. The molecule has 1 atom stereocenters. The van der Waals surface area contributed by atoms with Gasteiger partial charge in [-0.25, -0.2) is 9.37 Å². The summed E-state index contributed by atoms with van der Waals surface area (Å²) >= 11 is 0. The average molecular weight is 285 g/mol. The first kappa shape index (κ1) is 16.8. The standard InChI is InChI=1S/C14H24FN3O2/c1-4-5-16-7-11-6-12(15)8-17-14(11)18-9-13(20-3)10-19-2/h6,8,13,16H,4-5,7,9-10H2,1-3H3,(H,17,18). The Balaban J connectivity index is 2.62. The van der Waals surface area contributed by atoms with Crippen molar-refractivity contribution in [3.63, 3.8) is 0 Å². The Morgan fingerprint density at radius 2 is 2.20 bits per heavy atom. The Morgan fingerprint density at radius 3 is 2.85 bits per heavy atom. The van der Waals surface area contributed by atoms with E-state index < -0.39 is 0 Å². The summed E-state index contributed by atoms with van der Waals surface area (Å²) in [6.07, 6.45) is 2.18. The Hall–Kier alpha value is -1.24. The lowest BCUT2D eigenvalue weighted by atomic mass is 10.2. The van der Waals surface area contributed by atoms with Gasteiger partial charge in [0, 0.05) is 32.9 Å². The topological polar surface area (TPSA) is 55.4 Å². The molecule has 1 rings (SSSR count). The van der Waals surface area contributed by atoms with Gasteiger partial charge in [0.15, 0.2) is 0 Å². The molecule has 0 amide bonds. The van der Waals surface area contributed by atoms with E-state index in [-0.39, 0.29) is 11.9 Å². The van der Waals surface area contributed by atoms with Gasteiger partial charge in [-0.15, -0.1) is 0 Å². The van der Waals surface area contributed by atoms with Crippen molar-refractivity contribution in [2.24, 2.45) is 0 Å². The number of anilines is 1. The summed E-state index contributed by atoms with van der Waals surface area (Å²) in [5.41, 5.74) is 0.811. The van der Waals surface area contributed by atoms with Gasteiger partial charge in [0.25, 0.3) is 0 Å². The molecule has 114 valence electrons. The van der Waals surface area contributed by atoms with Crippen LogP contribution in [0.3, 0.4) is 0 Å². The Labute approximate surface area is 119 Å². The zero-order chi connectivity index (χ0) is 14.8. The highest BCUT2D eigenvalue weighted by Crippen LogP contribution is 2.13. The first-order valence-corrected chi connectivity index (χ1v) is 6.82. The molecule has 1 heterocycles. The molecule has 20 heavy (non-hydrogen) atoms. The van der Waals surface area contributed by atoms with Crippen molar-refractivity contribution in [2.45, 2.75) is 26.0 Å². The fourth-order valence-corrected chi connectivity index (χ4v) is 1.78. The Bertz CT molecular complexity index is 391. The molecule has 0 bridgehead atoms. The second kappa shape index (κ2) is 9.63. The van der Waals surface area contributed by atoms with Crippen LogP contribution in [0.4, 0.5) is 10.2 Å². The molecular formula is C14H24FN3O2. The molecule has 0 fully saturated rings. The number of halogens is 1. The lowest BCUT2D eigenvalue weighted by Crippen LogP contribution is -2.27. The number of hydrogen-bond acceptors (Lipinski definition) is 5. The molecule has 0 saturated carbocycles. The van der Waals surface area contributed by atoms with Crippen LogP contribution in [0.1, 0.15) is 18.9 Å². The van der Waals surface area contributed by atoms with E-state index in [0.717, 1.165) is 18.5 Å². The van der Waals surface area contributed by atoms with E-state index >= 15 is 0 Å². The summed E-state index contributed by atoms with van der Waals surface area (Å²) in [4.78, 5) is 4.10. The monoisotopic (exact) mass is 285 g/mol. The number of nitrogens with zero attached hydrogens (tertiary/aromatic N) is 1. The number of nitrogens with one attached hydrogen (secondary N) is 2. The third kappa shape index (κ3) is 5.81. The molecule has 5 nitrogen and oxygen atoms in total. The summed E-state index contributed by atoms with van der Waals surface area (Å²) in [7, 11) is 3.26. The zero-order valence-electron chi connectivity index (χ0n) is 12.4. The van der Waals surface area contributed by atoms with Crippen LogP contribution in [-0.2, 0) is 16.0 Å². The molecule has 1 aromatic rings. The molecule has 0 aliphatic heterocycles. The van der Waals surface area contributed by atoms with Gasteiger partial charge in [-0.05, 0) is 19.0 Å². The highest BCUT2D eigenvalue weighted by Gasteiger charge is 2.10. The molecule has 0 radical (unpaired) electrons. The number of hydrogen-bond donors (Lipinski definition) is 2. The summed E-state index contributed by atoms with van der Waals surface area (Å²) in [5, 5.41) is 6.42. The molecule has 1 unspecified atom stereocenters. The SMILES string of the molecule is CCCNCc1cc(F)cnc1NCC(COC)OC. The van der Waals surface area contributed by atoms with Crippen molar-refractivity contribution in [1.82, 2.24) is 10.3 Å². The summed E-state index contributed by atoms with van der Waals surface area (Å²) in [6, 6.07) is 1.50. The van der Waals surface area contributed by atoms with Gasteiger partial charge in [-0.2, -0.15) is 0 Å². The van der Waals surface area contributed by atoms with Crippen LogP contribution in [0.15, 0.2) is 12.3 Å². The molecule has 2 N–H and O–H groups in total. The second-order valence-electron chi connectivity index (χ2n) is 4.53. The van der Waals surface area contributed by atoms with Crippen molar-refractivity contribution in [1.29, 1.82) is 0 Å². The van der Waals surface area contributed by atoms with Crippen LogP contribution in [0.2, 0.25) is 0 Å². The van der Waals surface area contributed by atoms with Gasteiger partial charge >= 0.3 is 0 Å². The highest BCUT2D eigenvalue weighted by molar-refractivity contribution is 5.44. The van der Waals surface area contributed by atoms with Gasteiger partial charge in [-0.3, -0.25) is 0 Å². The second-order valence-corrected chi connectivity index (χ2v) is 4.53. The van der Waals surface area contributed by atoms with E-state index in [9.17, 15) is 4.39 Å². The third-order valence-electron chi connectivity index (χ3n) is 2.86. The predicted octanol–water partition coefficient (Wildman–Crippen LogP) is 1.79. The van der Waals surface area contributed by atoms with Crippen LogP contribution in [0.25, 0.3) is 0 Å². The van der Waals surface area contributed by atoms with Crippen LogP contribution in [-0.4, -0.2) is 45.0 Å². The van der Waals surface area contributed by atoms with Crippen LogP contribution in [0.5, 0.6) is 0 Å². The number of ether oxygens (including phenoxy) is 2. The normalized spacial score (nSPS) is 12.4. The van der Waals surface area contributed by atoms with Gasteiger partial charge in [0.05, 0.1) is 18.9 Å². The fraction of sp³-hybridized carbons (Fsp3) is 0.643. The van der Waals surface area contributed by atoms with Crippen molar-refractivity contribution in [3.8, 4) is 0 Å². The van der Waals surface area contributed by atoms with E-state index in [4.69, 9.17) is 9.47 Å². The maximum atomic E-state index is 13.3. The fourth-order valence-electron chi connectivity index (χ4n) is 1.78. The molecule has 0 aromatic carbocycles. The van der Waals surface area contributed by atoms with Gasteiger partial charge in [0.1, 0.15) is 11.6 Å². The molecular weight excluding hydrogens is 261 g/mol. The van der Waals surface area contributed by atoms with Crippen LogP contribution >= 0.6 is 0 Å². The van der Waals surface area contributed by atoms with Crippen molar-refractivity contribution >= 4 is 5.82 Å². The zero-order valence-corrected chi connectivity index (χ0v) is 12.4. The van der Waals surface area contributed by atoms with Gasteiger partial charge in [-0.1, -0.05) is 6.92 Å². The smallest absolute Gasteiger partial charge is 0.141 e. The maximum Gasteiger partial charge on any atom is 0.141 e. The third-order valence-corrected chi connectivity index (χ3v) is 2.86. The molecule has 0 aliphatic rings. The lowest BCUT2D eigenvalue weighted by molar-refractivity contribution is 0.0365. The van der Waals surface area contributed by atoms with Crippen LogP contribution < -0.4 is 10.6 Å². The molecule has 1 aromatic heterocycles. The first-order valence-electron chi connectivity index (χ1n) is 6.82. The van der Waals surface area contributed by atoms with E-state index in [1.807, 2.05) is 0 Å². The Morgan fingerprint density at radius 1 is 1.40 bits per heavy atom. The number of methoxy groups -OCH3 is 2. The average Bonchev–Trinajstić information content (AvgIpc) is 2.45. The molecule has 0 aliphatic carbocycles. The maximum absolute atomic E-state index is 13.3. The number of pyridine rings is 1. The molecule has 6 heteroatoms. The minimum atomic E-state index is -0.330. The largest absolute Gasteiger partial charge is 0.382 e. The van der Waals surface area contributed by atoms with Crippen LogP contribution in [0, 0.1) is 5.82 Å². The van der Waals surface area contributed by atoms with E-state index in [1.54, 1.807) is 14.2 Å².